The summed E-state index contributed by atoms with van der Waals surface area (Å²) in [6.07, 6.45) is 1.55. The second kappa shape index (κ2) is 9.71. The molecule has 0 radical (unpaired) electrons. The molecular weight excluding hydrogens is 346 g/mol. The van der Waals surface area contributed by atoms with E-state index in [4.69, 9.17) is 9.84 Å². The van der Waals surface area contributed by atoms with E-state index in [2.05, 4.69) is 10.6 Å². The van der Waals surface area contributed by atoms with Crippen LogP contribution in [0.4, 0.5) is 4.79 Å². The number of nitrogens with one attached hydrogen (secondary N) is 2. The molecule has 0 saturated heterocycles. The highest BCUT2D eigenvalue weighted by atomic mass is 16.5. The molecule has 1 aromatic rings. The Morgan fingerprint density at radius 2 is 1.93 bits per heavy atom. The second-order valence-electron chi connectivity index (χ2n) is 7.74. The van der Waals surface area contributed by atoms with E-state index in [1.54, 1.807) is 0 Å². The van der Waals surface area contributed by atoms with Gasteiger partial charge in [-0.25, -0.2) is 4.79 Å². The number of carbonyl (C=O) groups is 2. The molecule has 7 heteroatoms. The summed E-state index contributed by atoms with van der Waals surface area (Å²) in [7, 11) is 0. The number of carboxylic acids is 1. The standard InChI is InChI=1S/C20H31N3O4/c1-4-23(12-18(24)25)17-10-16(11-17)21-19(26)22-20(2,3)14-27-13-15-8-6-5-7-9-15/h5-9,16-17H,4,10-14H2,1-3H3,(H,24,25)(H2,21,22,26). The molecule has 1 aromatic carbocycles. The van der Waals surface area contributed by atoms with Gasteiger partial charge in [-0.2, -0.15) is 0 Å². The van der Waals surface area contributed by atoms with Crippen LogP contribution in [0.15, 0.2) is 30.3 Å². The maximum atomic E-state index is 12.2. The second-order valence-corrected chi connectivity index (χ2v) is 7.74. The third-order valence-electron chi connectivity index (χ3n) is 4.74. The molecule has 1 aliphatic rings. The topological polar surface area (TPSA) is 90.9 Å². The zero-order chi connectivity index (χ0) is 19.9. The number of hydrogen-bond donors (Lipinski definition) is 3. The first-order valence-corrected chi connectivity index (χ1v) is 9.45. The first-order chi connectivity index (χ1) is 12.8. The Morgan fingerprint density at radius 1 is 1.26 bits per heavy atom. The van der Waals surface area contributed by atoms with Crippen LogP contribution in [0.1, 0.15) is 39.2 Å². The van der Waals surface area contributed by atoms with Crippen LogP contribution in [0.5, 0.6) is 0 Å². The van der Waals surface area contributed by atoms with Crippen molar-refractivity contribution < 1.29 is 19.4 Å². The molecule has 0 unspecified atom stereocenters. The van der Waals surface area contributed by atoms with Crippen LogP contribution >= 0.6 is 0 Å². The number of nitrogens with zero attached hydrogens (tertiary/aromatic N) is 1. The van der Waals surface area contributed by atoms with E-state index >= 15 is 0 Å². The predicted molar refractivity (Wildman–Crippen MR) is 104 cm³/mol. The smallest absolute Gasteiger partial charge is 0.317 e. The minimum absolute atomic E-state index is 0.0475. The minimum atomic E-state index is -0.816. The molecule has 1 fully saturated rings. The highest BCUT2D eigenvalue weighted by Crippen LogP contribution is 2.25. The van der Waals surface area contributed by atoms with Gasteiger partial charge in [-0.15, -0.1) is 0 Å². The summed E-state index contributed by atoms with van der Waals surface area (Å²) >= 11 is 0. The van der Waals surface area contributed by atoms with E-state index in [1.165, 1.54) is 0 Å². The number of aliphatic carboxylic acids is 1. The van der Waals surface area contributed by atoms with Gasteiger partial charge in [0.15, 0.2) is 0 Å². The number of carboxylic acid groups (broad SMARTS) is 1. The number of hydrogen-bond acceptors (Lipinski definition) is 4. The van der Waals surface area contributed by atoms with E-state index in [1.807, 2.05) is 56.0 Å². The van der Waals surface area contributed by atoms with Crippen molar-refractivity contribution in [3.8, 4) is 0 Å². The summed E-state index contributed by atoms with van der Waals surface area (Å²) < 4.78 is 5.73. The molecule has 1 saturated carbocycles. The van der Waals surface area contributed by atoms with Crippen LogP contribution in [-0.4, -0.2) is 59.3 Å². The largest absolute Gasteiger partial charge is 0.480 e. The van der Waals surface area contributed by atoms with Crippen molar-refractivity contribution in [2.24, 2.45) is 0 Å². The van der Waals surface area contributed by atoms with Gasteiger partial charge in [0, 0.05) is 12.1 Å². The Balaban J connectivity index is 1.66. The van der Waals surface area contributed by atoms with Gasteiger partial charge in [0.2, 0.25) is 0 Å². The Morgan fingerprint density at radius 3 is 2.52 bits per heavy atom. The molecule has 1 aliphatic carbocycles. The Bertz CT molecular complexity index is 615. The van der Waals surface area contributed by atoms with Crippen LogP contribution in [0, 0.1) is 0 Å². The molecule has 0 bridgehead atoms. The SMILES string of the molecule is CCN(CC(=O)O)C1CC(NC(=O)NC(C)(C)COCc2ccccc2)C1. The van der Waals surface area contributed by atoms with Crippen LogP contribution in [0.25, 0.3) is 0 Å². The first-order valence-electron chi connectivity index (χ1n) is 9.45. The van der Waals surface area contributed by atoms with Gasteiger partial charge in [-0.05, 0) is 38.8 Å². The highest BCUT2D eigenvalue weighted by molar-refractivity contribution is 5.75. The van der Waals surface area contributed by atoms with E-state index in [0.717, 1.165) is 18.4 Å². The highest BCUT2D eigenvalue weighted by Gasteiger charge is 2.35. The fourth-order valence-corrected chi connectivity index (χ4v) is 3.24. The Labute approximate surface area is 161 Å². The average molecular weight is 377 g/mol. The Hall–Kier alpha value is -2.12. The fourth-order valence-electron chi connectivity index (χ4n) is 3.24. The van der Waals surface area contributed by atoms with Gasteiger partial charge in [-0.1, -0.05) is 37.3 Å². The van der Waals surface area contributed by atoms with Crippen molar-refractivity contribution in [1.82, 2.24) is 15.5 Å². The summed E-state index contributed by atoms with van der Waals surface area (Å²) in [6, 6.07) is 10.0. The predicted octanol–water partition coefficient (Wildman–Crippen LogP) is 2.22. The molecule has 0 spiro atoms. The number of rotatable bonds is 10. The number of benzene rings is 1. The van der Waals surface area contributed by atoms with Crippen molar-refractivity contribution in [2.75, 3.05) is 19.7 Å². The van der Waals surface area contributed by atoms with Crippen LogP contribution < -0.4 is 10.6 Å². The number of likely N-dealkylation sites (N-methyl/N-ethyl adjacent to an activating group) is 1. The minimum Gasteiger partial charge on any atom is -0.480 e. The lowest BCUT2D eigenvalue weighted by atomic mass is 9.85. The molecule has 2 amide bonds. The molecule has 7 nitrogen and oxygen atoms in total. The van der Waals surface area contributed by atoms with Gasteiger partial charge in [-0.3, -0.25) is 9.69 Å². The summed E-state index contributed by atoms with van der Waals surface area (Å²) in [5.74, 6) is -0.816. The average Bonchev–Trinajstić information content (AvgIpc) is 2.56. The zero-order valence-corrected chi connectivity index (χ0v) is 16.4. The molecule has 0 heterocycles. The monoisotopic (exact) mass is 377 g/mol. The molecule has 27 heavy (non-hydrogen) atoms. The van der Waals surface area contributed by atoms with Crippen molar-refractivity contribution in [2.45, 2.75) is 57.8 Å². The summed E-state index contributed by atoms with van der Waals surface area (Å²) in [4.78, 5) is 25.0. The van der Waals surface area contributed by atoms with Crippen molar-refractivity contribution in [3.05, 3.63) is 35.9 Å². The molecule has 0 aromatic heterocycles. The summed E-state index contributed by atoms with van der Waals surface area (Å²) in [6.45, 7) is 7.46. The lowest BCUT2D eigenvalue weighted by molar-refractivity contribution is -0.139. The van der Waals surface area contributed by atoms with Gasteiger partial charge in [0.05, 0.1) is 25.3 Å². The van der Waals surface area contributed by atoms with Crippen molar-refractivity contribution in [3.63, 3.8) is 0 Å². The number of amides is 2. The third kappa shape index (κ3) is 7.19. The first kappa shape index (κ1) is 21.2. The molecule has 150 valence electrons. The number of carbonyl (C=O) groups excluding carboxylic acids is 1. The van der Waals surface area contributed by atoms with Gasteiger partial charge >= 0.3 is 12.0 Å². The lowest BCUT2D eigenvalue weighted by Gasteiger charge is -2.42. The van der Waals surface area contributed by atoms with E-state index in [-0.39, 0.29) is 24.7 Å². The number of ether oxygens (including phenoxy) is 1. The third-order valence-corrected chi connectivity index (χ3v) is 4.74. The summed E-state index contributed by atoms with van der Waals surface area (Å²) in [5.41, 5.74) is 0.612. The Kier molecular flexibility index (Phi) is 7.62. The van der Waals surface area contributed by atoms with E-state index in [9.17, 15) is 9.59 Å². The van der Waals surface area contributed by atoms with Gasteiger partial charge < -0.3 is 20.5 Å². The van der Waals surface area contributed by atoms with Crippen molar-refractivity contribution in [1.29, 1.82) is 0 Å². The van der Waals surface area contributed by atoms with Crippen LogP contribution in [-0.2, 0) is 16.1 Å². The normalized spacial score (nSPS) is 19.4. The van der Waals surface area contributed by atoms with Gasteiger partial charge in [0.1, 0.15) is 0 Å². The van der Waals surface area contributed by atoms with E-state index < -0.39 is 11.5 Å². The maximum absolute atomic E-state index is 12.2. The molecular formula is C20H31N3O4. The molecule has 0 aliphatic heterocycles. The molecule has 2 rings (SSSR count). The fraction of sp³-hybridized carbons (Fsp3) is 0.600. The van der Waals surface area contributed by atoms with Gasteiger partial charge in [0.25, 0.3) is 0 Å². The maximum Gasteiger partial charge on any atom is 0.317 e. The molecule has 0 atom stereocenters. The van der Waals surface area contributed by atoms with Crippen LogP contribution in [0.3, 0.4) is 0 Å². The lowest BCUT2D eigenvalue weighted by Crippen LogP contribution is -2.59. The van der Waals surface area contributed by atoms with Crippen molar-refractivity contribution >= 4 is 12.0 Å². The molecule has 3 N–H and O–H groups in total. The van der Waals surface area contributed by atoms with Crippen LogP contribution in [0.2, 0.25) is 0 Å². The quantitative estimate of drug-likeness (QED) is 0.582. The van der Waals surface area contributed by atoms with E-state index in [0.29, 0.717) is 19.8 Å². The zero-order valence-electron chi connectivity index (χ0n) is 16.4. The number of urea groups is 1. The summed E-state index contributed by atoms with van der Waals surface area (Å²) in [5, 5.41) is 14.8.